The minimum Gasteiger partial charge on any atom is -0.386 e. The standard InChI is InChI=1S/C25H28N6O3S2/c1-12(32)23-30-19(11-35-23)20-8-28-24(36-20)18-7-27-22-17(3-4-26-22)21(18)29-16-5-14-9-31(10-15(14)6-16)25(34)13(2)33/h3-4,7-8,11-16,32-33H,5-6,9-10H2,1-2H3,(H2,26,27,29)/t12?,13-,14-,15+,16?/m0/s1. The molecule has 1 aliphatic carbocycles. The molecular weight excluding hydrogens is 496 g/mol. The number of thiazole rings is 2. The second kappa shape index (κ2) is 9.22. The summed E-state index contributed by atoms with van der Waals surface area (Å²) in [7, 11) is 0. The van der Waals surface area contributed by atoms with Crippen LogP contribution in [0.5, 0.6) is 0 Å². The molecule has 2 aliphatic rings. The Morgan fingerprint density at radius 2 is 1.97 bits per heavy atom. The van der Waals surface area contributed by atoms with Gasteiger partial charge in [-0.2, -0.15) is 0 Å². The lowest BCUT2D eigenvalue weighted by Crippen LogP contribution is -2.37. The van der Waals surface area contributed by atoms with Gasteiger partial charge in [0.15, 0.2) is 0 Å². The van der Waals surface area contributed by atoms with Crippen molar-refractivity contribution in [2.45, 2.75) is 44.9 Å². The van der Waals surface area contributed by atoms with E-state index in [0.29, 0.717) is 29.9 Å². The molecule has 0 spiro atoms. The van der Waals surface area contributed by atoms with Crippen LogP contribution in [0.15, 0.2) is 30.0 Å². The average Bonchev–Trinajstić information content (AvgIpc) is 3.65. The number of carbonyl (C=O) groups excluding carboxylic acids is 1. The van der Waals surface area contributed by atoms with Crippen LogP contribution >= 0.6 is 22.7 Å². The highest BCUT2D eigenvalue weighted by Crippen LogP contribution is 2.43. The van der Waals surface area contributed by atoms with Crippen LogP contribution in [0.25, 0.3) is 32.2 Å². The van der Waals surface area contributed by atoms with Crippen molar-refractivity contribution in [2.24, 2.45) is 11.8 Å². The number of H-pyrrole nitrogens is 1. The summed E-state index contributed by atoms with van der Waals surface area (Å²) in [5.41, 5.74) is 3.62. The number of nitrogens with one attached hydrogen (secondary N) is 2. The van der Waals surface area contributed by atoms with E-state index in [1.165, 1.54) is 11.3 Å². The number of aliphatic hydroxyl groups is 2. The largest absolute Gasteiger partial charge is 0.386 e. The number of amides is 1. The molecule has 36 heavy (non-hydrogen) atoms. The number of rotatable bonds is 6. The lowest BCUT2D eigenvalue weighted by atomic mass is 10.0. The predicted octanol–water partition coefficient (Wildman–Crippen LogP) is 3.89. The van der Waals surface area contributed by atoms with Crippen molar-refractivity contribution in [3.8, 4) is 21.1 Å². The first-order chi connectivity index (χ1) is 17.4. The molecule has 9 nitrogen and oxygen atoms in total. The Morgan fingerprint density at radius 3 is 2.67 bits per heavy atom. The summed E-state index contributed by atoms with van der Waals surface area (Å²) in [5, 5.41) is 27.9. The van der Waals surface area contributed by atoms with Gasteiger partial charge >= 0.3 is 0 Å². The van der Waals surface area contributed by atoms with Crippen LogP contribution < -0.4 is 5.32 Å². The van der Waals surface area contributed by atoms with Crippen molar-refractivity contribution in [1.82, 2.24) is 24.8 Å². The molecule has 4 aromatic heterocycles. The second-order valence-electron chi connectivity index (χ2n) is 9.82. The fourth-order valence-electron chi connectivity index (χ4n) is 5.50. The van der Waals surface area contributed by atoms with Crippen LogP contribution in [0.3, 0.4) is 0 Å². The first kappa shape index (κ1) is 23.5. The number of aromatic nitrogens is 4. The van der Waals surface area contributed by atoms with Crippen LogP contribution in [0.4, 0.5) is 5.69 Å². The third kappa shape index (κ3) is 4.19. The van der Waals surface area contributed by atoms with E-state index >= 15 is 0 Å². The van der Waals surface area contributed by atoms with Gasteiger partial charge in [0.2, 0.25) is 0 Å². The third-order valence-electron chi connectivity index (χ3n) is 7.22. The maximum Gasteiger partial charge on any atom is 0.251 e. The molecule has 4 N–H and O–H groups in total. The number of pyridine rings is 1. The zero-order valence-corrected chi connectivity index (χ0v) is 21.6. The fourth-order valence-corrected chi connectivity index (χ4v) is 7.23. The van der Waals surface area contributed by atoms with E-state index in [9.17, 15) is 15.0 Å². The number of anilines is 1. The molecule has 0 bridgehead atoms. The molecule has 5 atom stereocenters. The summed E-state index contributed by atoms with van der Waals surface area (Å²) in [4.78, 5) is 32.1. The van der Waals surface area contributed by atoms with Crippen LogP contribution in [0.2, 0.25) is 0 Å². The topological polar surface area (TPSA) is 127 Å². The quantitative estimate of drug-likeness (QED) is 0.301. The van der Waals surface area contributed by atoms with Gasteiger partial charge in [0, 0.05) is 48.5 Å². The highest BCUT2D eigenvalue weighted by atomic mass is 32.1. The van der Waals surface area contributed by atoms with Crippen molar-refractivity contribution in [2.75, 3.05) is 18.4 Å². The first-order valence-electron chi connectivity index (χ1n) is 12.2. The van der Waals surface area contributed by atoms with Crippen molar-refractivity contribution < 1.29 is 15.0 Å². The minimum atomic E-state index is -0.940. The zero-order valence-electron chi connectivity index (χ0n) is 20.0. The molecule has 6 rings (SSSR count). The molecule has 0 radical (unpaired) electrons. The van der Waals surface area contributed by atoms with Gasteiger partial charge < -0.3 is 25.4 Å². The van der Waals surface area contributed by atoms with Gasteiger partial charge in [-0.15, -0.1) is 22.7 Å². The smallest absolute Gasteiger partial charge is 0.251 e. The Morgan fingerprint density at radius 1 is 1.19 bits per heavy atom. The molecule has 0 aromatic carbocycles. The molecule has 11 heteroatoms. The highest BCUT2D eigenvalue weighted by Gasteiger charge is 2.43. The Labute approximate surface area is 216 Å². The molecule has 1 aliphatic heterocycles. The summed E-state index contributed by atoms with van der Waals surface area (Å²) in [5.74, 6) is 0.715. The van der Waals surface area contributed by atoms with Gasteiger partial charge in [-0.3, -0.25) is 4.79 Å². The van der Waals surface area contributed by atoms with Gasteiger partial charge in [0.05, 0.1) is 21.8 Å². The lowest BCUT2D eigenvalue weighted by Gasteiger charge is -2.22. The van der Waals surface area contributed by atoms with Crippen molar-refractivity contribution in [3.63, 3.8) is 0 Å². The Bertz CT molecular complexity index is 1400. The number of hydrogen-bond donors (Lipinski definition) is 4. The SMILES string of the molecule is CC(O)c1nc(-c2cnc(-c3cnc4[nH]ccc4c3NC3C[C@@H]4CN(C(=O)[C@H](C)O)C[C@@H]4C3)s2)cs1. The van der Waals surface area contributed by atoms with Crippen LogP contribution in [-0.4, -0.2) is 66.2 Å². The van der Waals surface area contributed by atoms with Gasteiger partial charge in [0.25, 0.3) is 5.91 Å². The normalized spacial score (nSPS) is 23.2. The molecular formula is C25H28N6O3S2. The molecule has 2 unspecified atom stereocenters. The molecule has 188 valence electrons. The minimum absolute atomic E-state index is 0.167. The number of carbonyl (C=O) groups is 1. The summed E-state index contributed by atoms with van der Waals surface area (Å²) in [6, 6.07) is 2.33. The fraction of sp³-hybridized carbons (Fsp3) is 0.440. The van der Waals surface area contributed by atoms with E-state index in [-0.39, 0.29) is 11.9 Å². The van der Waals surface area contributed by atoms with Gasteiger partial charge in [-0.25, -0.2) is 15.0 Å². The number of hydrogen-bond acceptors (Lipinski definition) is 9. The summed E-state index contributed by atoms with van der Waals surface area (Å²) >= 11 is 3.01. The summed E-state index contributed by atoms with van der Waals surface area (Å²) < 4.78 is 0. The number of nitrogens with zero attached hydrogens (tertiary/aromatic N) is 4. The molecule has 5 heterocycles. The first-order valence-corrected chi connectivity index (χ1v) is 13.9. The predicted molar refractivity (Wildman–Crippen MR) is 141 cm³/mol. The van der Waals surface area contributed by atoms with Gasteiger partial charge in [0.1, 0.15) is 27.9 Å². The van der Waals surface area contributed by atoms with E-state index < -0.39 is 12.2 Å². The van der Waals surface area contributed by atoms with Gasteiger partial charge in [-0.05, 0) is 44.6 Å². The summed E-state index contributed by atoms with van der Waals surface area (Å²) in [6.07, 6.45) is 6.03. The van der Waals surface area contributed by atoms with E-state index in [1.54, 1.807) is 25.2 Å². The maximum atomic E-state index is 12.2. The monoisotopic (exact) mass is 524 g/mol. The highest BCUT2D eigenvalue weighted by molar-refractivity contribution is 7.18. The molecule has 1 saturated carbocycles. The van der Waals surface area contributed by atoms with Crippen molar-refractivity contribution in [1.29, 1.82) is 0 Å². The molecule has 4 aromatic rings. The van der Waals surface area contributed by atoms with E-state index in [2.05, 4.69) is 20.3 Å². The third-order valence-corrected chi connectivity index (χ3v) is 9.29. The van der Waals surface area contributed by atoms with Crippen LogP contribution in [0.1, 0.15) is 37.8 Å². The lowest BCUT2D eigenvalue weighted by molar-refractivity contribution is -0.138. The number of likely N-dealkylation sites (tertiary alicyclic amines) is 1. The molecule has 1 amide bonds. The van der Waals surface area contributed by atoms with Crippen LogP contribution in [-0.2, 0) is 4.79 Å². The Hall–Kier alpha value is -2.86. The van der Waals surface area contributed by atoms with Gasteiger partial charge in [-0.1, -0.05) is 0 Å². The maximum absolute atomic E-state index is 12.2. The Kier molecular flexibility index (Phi) is 6.03. The zero-order chi connectivity index (χ0) is 25.0. The number of fused-ring (bicyclic) bond motifs is 2. The average molecular weight is 525 g/mol. The van der Waals surface area contributed by atoms with Crippen molar-refractivity contribution in [3.05, 3.63) is 35.0 Å². The molecule has 1 saturated heterocycles. The van der Waals surface area contributed by atoms with E-state index in [4.69, 9.17) is 4.98 Å². The van der Waals surface area contributed by atoms with E-state index in [0.717, 1.165) is 50.7 Å². The van der Waals surface area contributed by atoms with Crippen molar-refractivity contribution >= 4 is 45.3 Å². The second-order valence-corrected chi connectivity index (χ2v) is 11.7. The van der Waals surface area contributed by atoms with Crippen LogP contribution in [0, 0.1) is 11.8 Å². The number of aromatic amines is 1. The Balaban J connectivity index is 1.25. The summed E-state index contributed by atoms with van der Waals surface area (Å²) in [6.45, 7) is 4.69. The number of aliphatic hydroxyl groups excluding tert-OH is 2. The van der Waals surface area contributed by atoms with E-state index in [1.807, 2.05) is 34.9 Å². The molecule has 2 fully saturated rings.